The maximum atomic E-state index is 4.65. The molecule has 2 aromatic carbocycles. The van der Waals surface area contributed by atoms with Crippen LogP contribution >= 0.6 is 0 Å². The van der Waals surface area contributed by atoms with E-state index in [1.165, 1.54) is 0 Å². The highest BCUT2D eigenvalue weighted by molar-refractivity contribution is 5.81. The predicted octanol–water partition coefficient (Wildman–Crippen LogP) is 4.09. The second kappa shape index (κ2) is 4.87. The van der Waals surface area contributed by atoms with E-state index in [1.807, 2.05) is 71.7 Å². The van der Waals surface area contributed by atoms with E-state index in [-0.39, 0.29) is 0 Å². The van der Waals surface area contributed by atoms with Crippen molar-refractivity contribution >= 4 is 10.9 Å². The molecule has 0 aliphatic heterocycles. The number of nitrogens with zero attached hydrogens (tertiary/aromatic N) is 3. The fourth-order valence-corrected chi connectivity index (χ4v) is 2.40. The van der Waals surface area contributed by atoms with Crippen LogP contribution in [0.25, 0.3) is 27.8 Å². The van der Waals surface area contributed by atoms with Gasteiger partial charge in [-0.25, -0.2) is 4.68 Å². The molecule has 0 aliphatic rings. The van der Waals surface area contributed by atoms with Crippen molar-refractivity contribution in [3.05, 3.63) is 79.1 Å². The Morgan fingerprint density at radius 3 is 2.29 bits per heavy atom. The fraction of sp³-hybridized carbons (Fsp3) is 0. The Labute approximate surface area is 122 Å². The van der Waals surface area contributed by atoms with Gasteiger partial charge >= 0.3 is 0 Å². The Morgan fingerprint density at radius 1 is 0.810 bits per heavy atom. The van der Waals surface area contributed by atoms with Crippen LogP contribution in [-0.2, 0) is 0 Å². The van der Waals surface area contributed by atoms with Crippen molar-refractivity contribution < 1.29 is 0 Å². The van der Waals surface area contributed by atoms with Crippen LogP contribution in [0.2, 0.25) is 0 Å². The summed E-state index contributed by atoms with van der Waals surface area (Å²) in [6.07, 6.45) is 3.89. The number of pyridine rings is 1. The molecule has 0 aliphatic carbocycles. The summed E-state index contributed by atoms with van der Waals surface area (Å²) in [6.45, 7) is 0. The van der Waals surface area contributed by atoms with Crippen molar-refractivity contribution in [3.63, 3.8) is 0 Å². The molecule has 0 amide bonds. The molecule has 0 radical (unpaired) electrons. The quantitative estimate of drug-likeness (QED) is 0.550. The number of fused-ring (bicyclic) bond motifs is 1. The molecule has 0 unspecified atom stereocenters. The van der Waals surface area contributed by atoms with Crippen molar-refractivity contribution in [2.45, 2.75) is 0 Å². The summed E-state index contributed by atoms with van der Waals surface area (Å²) in [5.41, 5.74) is 4.05. The van der Waals surface area contributed by atoms with Crippen LogP contribution in [0.5, 0.6) is 0 Å². The molecule has 0 atom stereocenters. The first-order valence-electron chi connectivity index (χ1n) is 6.86. The summed E-state index contributed by atoms with van der Waals surface area (Å²) < 4.78 is 1.89. The van der Waals surface area contributed by atoms with Crippen LogP contribution in [0.4, 0.5) is 0 Å². The number of benzene rings is 2. The second-order valence-electron chi connectivity index (χ2n) is 4.90. The smallest absolute Gasteiger partial charge is 0.0964 e. The third kappa shape index (κ3) is 2.19. The normalized spacial score (nSPS) is 10.9. The average molecular weight is 271 g/mol. The topological polar surface area (TPSA) is 30.7 Å². The number of rotatable bonds is 2. The van der Waals surface area contributed by atoms with Crippen LogP contribution in [0, 0.1) is 0 Å². The van der Waals surface area contributed by atoms with Crippen LogP contribution in [0.1, 0.15) is 0 Å². The van der Waals surface area contributed by atoms with Crippen molar-refractivity contribution in [2.75, 3.05) is 0 Å². The number of para-hydroxylation sites is 1. The summed E-state index contributed by atoms with van der Waals surface area (Å²) in [5, 5.41) is 5.69. The van der Waals surface area contributed by atoms with E-state index in [1.54, 1.807) is 0 Å². The van der Waals surface area contributed by atoms with E-state index in [4.69, 9.17) is 0 Å². The summed E-state index contributed by atoms with van der Waals surface area (Å²) in [6, 6.07) is 22.3. The van der Waals surface area contributed by atoms with Gasteiger partial charge in [-0.3, -0.25) is 4.98 Å². The predicted molar refractivity (Wildman–Crippen MR) is 84.3 cm³/mol. The molecule has 2 heterocycles. The number of hydrogen-bond donors (Lipinski definition) is 0. The molecule has 3 heteroatoms. The molecule has 100 valence electrons. The van der Waals surface area contributed by atoms with Crippen LogP contribution < -0.4 is 0 Å². The Kier molecular flexibility index (Phi) is 2.75. The summed E-state index contributed by atoms with van der Waals surface area (Å²) >= 11 is 0. The first-order chi connectivity index (χ1) is 10.4. The molecule has 3 nitrogen and oxygen atoms in total. The monoisotopic (exact) mass is 271 g/mol. The lowest BCUT2D eigenvalue weighted by Gasteiger charge is -1.99. The molecule has 0 spiro atoms. The van der Waals surface area contributed by atoms with Gasteiger partial charge in [0.15, 0.2) is 0 Å². The highest BCUT2D eigenvalue weighted by Crippen LogP contribution is 2.21. The molecule has 2 aromatic heterocycles. The molecule has 0 saturated heterocycles. The minimum Gasteiger partial charge on any atom is -0.255 e. The first-order valence-corrected chi connectivity index (χ1v) is 6.86. The van der Waals surface area contributed by atoms with Gasteiger partial charge in [0.25, 0.3) is 0 Å². The van der Waals surface area contributed by atoms with E-state index in [2.05, 4.69) is 22.2 Å². The van der Waals surface area contributed by atoms with Gasteiger partial charge in [-0.2, -0.15) is 5.10 Å². The summed E-state index contributed by atoms with van der Waals surface area (Å²) in [4.78, 5) is 4.53. The molecule has 0 bridgehead atoms. The van der Waals surface area contributed by atoms with Crippen LogP contribution in [0.15, 0.2) is 79.1 Å². The summed E-state index contributed by atoms with van der Waals surface area (Å²) in [7, 11) is 0. The highest BCUT2D eigenvalue weighted by atomic mass is 15.3. The van der Waals surface area contributed by atoms with E-state index in [0.717, 1.165) is 27.8 Å². The number of hydrogen-bond acceptors (Lipinski definition) is 2. The van der Waals surface area contributed by atoms with Gasteiger partial charge in [0.2, 0.25) is 0 Å². The molecule has 4 aromatic rings. The Hall–Kier alpha value is -2.94. The first kappa shape index (κ1) is 11.9. The second-order valence-corrected chi connectivity index (χ2v) is 4.90. The van der Waals surface area contributed by atoms with Gasteiger partial charge in [-0.05, 0) is 18.2 Å². The van der Waals surface area contributed by atoms with Gasteiger partial charge in [-0.1, -0.05) is 48.5 Å². The van der Waals surface area contributed by atoms with Crippen molar-refractivity contribution in [3.8, 4) is 16.9 Å². The van der Waals surface area contributed by atoms with Crippen molar-refractivity contribution in [2.24, 2.45) is 0 Å². The molecular formula is C18H13N3. The molecule has 0 N–H and O–H groups in total. The Balaban J connectivity index is 1.82. The van der Waals surface area contributed by atoms with Gasteiger partial charge in [0.1, 0.15) is 0 Å². The zero-order valence-corrected chi connectivity index (χ0v) is 11.3. The highest BCUT2D eigenvalue weighted by Gasteiger charge is 2.05. The third-order valence-electron chi connectivity index (χ3n) is 3.48. The van der Waals surface area contributed by atoms with Crippen LogP contribution in [-0.4, -0.2) is 14.8 Å². The zero-order valence-electron chi connectivity index (χ0n) is 11.3. The molecular weight excluding hydrogens is 258 g/mol. The standard InChI is InChI=1S/C18H13N3/c1-3-7-14(8-4-1)17-11-18-15(12-19-17)13-21(20-18)16-9-5-2-6-10-16/h1-13H. The lowest BCUT2D eigenvalue weighted by Crippen LogP contribution is -1.92. The summed E-state index contributed by atoms with van der Waals surface area (Å²) in [5.74, 6) is 0. The Bertz CT molecular complexity index is 843. The number of aromatic nitrogens is 3. The third-order valence-corrected chi connectivity index (χ3v) is 3.48. The van der Waals surface area contributed by atoms with Gasteiger partial charge < -0.3 is 0 Å². The minimum absolute atomic E-state index is 0.946. The van der Waals surface area contributed by atoms with Gasteiger partial charge in [-0.15, -0.1) is 0 Å². The molecule has 0 saturated carbocycles. The molecule has 4 rings (SSSR count). The minimum atomic E-state index is 0.946. The lowest BCUT2D eigenvalue weighted by molar-refractivity contribution is 0.896. The Morgan fingerprint density at radius 2 is 1.52 bits per heavy atom. The molecule has 21 heavy (non-hydrogen) atoms. The molecule has 0 fully saturated rings. The van der Waals surface area contributed by atoms with Crippen molar-refractivity contribution in [1.82, 2.24) is 14.8 Å². The maximum absolute atomic E-state index is 4.65. The largest absolute Gasteiger partial charge is 0.255 e. The SMILES string of the molecule is c1ccc(-c2cc3nn(-c4ccccc4)cc3cn2)cc1. The lowest BCUT2D eigenvalue weighted by atomic mass is 10.1. The van der Waals surface area contributed by atoms with Crippen LogP contribution in [0.3, 0.4) is 0 Å². The van der Waals surface area contributed by atoms with Gasteiger partial charge in [0, 0.05) is 23.3 Å². The van der Waals surface area contributed by atoms with Gasteiger partial charge in [0.05, 0.1) is 16.9 Å². The fourth-order valence-electron chi connectivity index (χ4n) is 2.40. The van der Waals surface area contributed by atoms with E-state index in [0.29, 0.717) is 0 Å². The maximum Gasteiger partial charge on any atom is 0.0964 e. The van der Waals surface area contributed by atoms with Crippen molar-refractivity contribution in [1.29, 1.82) is 0 Å². The average Bonchev–Trinajstić information content (AvgIpc) is 2.99. The van der Waals surface area contributed by atoms with E-state index in [9.17, 15) is 0 Å². The zero-order chi connectivity index (χ0) is 14.1. The van der Waals surface area contributed by atoms with E-state index >= 15 is 0 Å². The van der Waals surface area contributed by atoms with E-state index < -0.39 is 0 Å².